The number of nitrogens with zero attached hydrogens (tertiary/aromatic N) is 1. The van der Waals surface area contributed by atoms with Crippen molar-refractivity contribution in [3.05, 3.63) is 60.9 Å². The molecule has 0 aliphatic carbocycles. The summed E-state index contributed by atoms with van der Waals surface area (Å²) in [6.07, 6.45) is 3.46. The molecule has 0 atom stereocenters. The molecule has 1 heterocycles. The minimum atomic E-state index is -0.259. The molecule has 0 bridgehead atoms. The average Bonchev–Trinajstić information content (AvgIpc) is 2.54. The number of hydrogen-bond donors (Lipinski definition) is 2. The third-order valence-corrected chi connectivity index (χ3v) is 2.93. The van der Waals surface area contributed by atoms with Gasteiger partial charge in [-0.25, -0.2) is 0 Å². The number of aromatic nitrogens is 1. The Bertz CT molecular complexity index is 666. The van der Waals surface area contributed by atoms with Crippen LogP contribution >= 0.6 is 0 Å². The van der Waals surface area contributed by atoms with Crippen molar-refractivity contribution in [3.8, 4) is 5.75 Å². The molecule has 0 radical (unpaired) electrons. The van der Waals surface area contributed by atoms with Crippen LogP contribution in [-0.4, -0.2) is 23.5 Å². The lowest BCUT2D eigenvalue weighted by Gasteiger charge is -2.11. The number of ether oxygens (including phenoxy) is 1. The van der Waals surface area contributed by atoms with Gasteiger partial charge in [-0.05, 0) is 50.2 Å². The fourth-order valence-electron chi connectivity index (χ4n) is 1.94. The van der Waals surface area contributed by atoms with E-state index in [1.165, 1.54) is 0 Å². The minimum Gasteiger partial charge on any atom is -0.491 e. The van der Waals surface area contributed by atoms with Crippen LogP contribution in [0.25, 0.3) is 0 Å². The highest BCUT2D eigenvalue weighted by molar-refractivity contribution is 6.03. The van der Waals surface area contributed by atoms with E-state index in [2.05, 4.69) is 22.2 Å². The Balaban J connectivity index is 2.02. The molecule has 2 aromatic rings. The van der Waals surface area contributed by atoms with Gasteiger partial charge in [-0.15, -0.1) is 6.58 Å². The zero-order valence-corrected chi connectivity index (χ0v) is 13.4. The monoisotopic (exact) mass is 311 g/mol. The van der Waals surface area contributed by atoms with Crippen LogP contribution in [0.1, 0.15) is 24.3 Å². The summed E-state index contributed by atoms with van der Waals surface area (Å²) in [6.45, 7) is 8.21. The first kappa shape index (κ1) is 16.5. The van der Waals surface area contributed by atoms with Gasteiger partial charge in [0, 0.05) is 24.1 Å². The van der Waals surface area contributed by atoms with Crippen LogP contribution in [0.5, 0.6) is 5.75 Å². The number of carbonyl (C=O) groups is 1. The minimum absolute atomic E-state index is 0.116. The van der Waals surface area contributed by atoms with Crippen LogP contribution < -0.4 is 15.4 Å². The maximum atomic E-state index is 12.3. The number of hydrogen-bond acceptors (Lipinski definition) is 4. The Morgan fingerprint density at radius 1 is 1.26 bits per heavy atom. The van der Waals surface area contributed by atoms with Crippen LogP contribution in [0.3, 0.4) is 0 Å². The quantitative estimate of drug-likeness (QED) is 0.765. The summed E-state index contributed by atoms with van der Waals surface area (Å²) in [7, 11) is 0. The average molecular weight is 311 g/mol. The highest BCUT2D eigenvalue weighted by atomic mass is 16.5. The Hall–Kier alpha value is -2.82. The number of amides is 1. The van der Waals surface area contributed by atoms with Crippen molar-refractivity contribution in [2.75, 3.05) is 17.2 Å². The van der Waals surface area contributed by atoms with Gasteiger partial charge in [0.2, 0.25) is 0 Å². The number of benzene rings is 1. The van der Waals surface area contributed by atoms with Crippen LogP contribution in [-0.2, 0) is 0 Å². The Morgan fingerprint density at radius 3 is 2.65 bits per heavy atom. The lowest BCUT2D eigenvalue weighted by Crippen LogP contribution is -2.14. The van der Waals surface area contributed by atoms with E-state index in [1.54, 1.807) is 36.5 Å². The van der Waals surface area contributed by atoms with Crippen LogP contribution in [0.15, 0.2) is 55.3 Å². The SMILES string of the molecule is C=CCNc1ccnc(C(=O)Nc2ccc(OC(C)C)cc2)c1. The van der Waals surface area contributed by atoms with Crippen LogP contribution in [0.2, 0.25) is 0 Å². The van der Waals surface area contributed by atoms with Gasteiger partial charge in [0.15, 0.2) is 0 Å². The lowest BCUT2D eigenvalue weighted by atomic mass is 10.2. The Kier molecular flexibility index (Phi) is 5.74. The molecular formula is C18H21N3O2. The molecule has 0 spiro atoms. The van der Waals surface area contributed by atoms with Crippen molar-refractivity contribution in [1.82, 2.24) is 4.98 Å². The zero-order chi connectivity index (χ0) is 16.7. The van der Waals surface area contributed by atoms with E-state index in [4.69, 9.17) is 4.74 Å². The standard InChI is InChI=1S/C18H21N3O2/c1-4-10-19-15-9-11-20-17(12-15)18(22)21-14-5-7-16(8-6-14)23-13(2)3/h4-9,11-13H,1,10H2,2-3H3,(H,19,20)(H,21,22). The molecule has 0 saturated heterocycles. The molecule has 0 aliphatic heterocycles. The van der Waals surface area contributed by atoms with Gasteiger partial charge in [-0.3, -0.25) is 9.78 Å². The van der Waals surface area contributed by atoms with Gasteiger partial charge >= 0.3 is 0 Å². The molecule has 0 unspecified atom stereocenters. The van der Waals surface area contributed by atoms with Crippen molar-refractivity contribution < 1.29 is 9.53 Å². The molecule has 2 rings (SSSR count). The number of carbonyl (C=O) groups excluding carboxylic acids is 1. The number of nitrogens with one attached hydrogen (secondary N) is 2. The van der Waals surface area contributed by atoms with E-state index in [-0.39, 0.29) is 12.0 Å². The predicted octanol–water partition coefficient (Wildman–Crippen LogP) is 3.72. The van der Waals surface area contributed by atoms with E-state index < -0.39 is 0 Å². The number of anilines is 2. The highest BCUT2D eigenvalue weighted by Crippen LogP contribution is 2.18. The van der Waals surface area contributed by atoms with Crippen molar-refractivity contribution in [2.45, 2.75) is 20.0 Å². The van der Waals surface area contributed by atoms with Gasteiger partial charge in [-0.1, -0.05) is 6.08 Å². The molecule has 0 saturated carbocycles. The van der Waals surface area contributed by atoms with Crippen LogP contribution in [0.4, 0.5) is 11.4 Å². The first-order valence-electron chi connectivity index (χ1n) is 7.47. The normalized spacial score (nSPS) is 10.2. The molecule has 2 N–H and O–H groups in total. The summed E-state index contributed by atoms with van der Waals surface area (Å²) >= 11 is 0. The highest BCUT2D eigenvalue weighted by Gasteiger charge is 2.08. The third kappa shape index (κ3) is 5.14. The van der Waals surface area contributed by atoms with E-state index in [1.807, 2.05) is 26.0 Å². The van der Waals surface area contributed by atoms with Crippen LogP contribution in [0, 0.1) is 0 Å². The molecule has 23 heavy (non-hydrogen) atoms. The predicted molar refractivity (Wildman–Crippen MR) is 93.1 cm³/mol. The topological polar surface area (TPSA) is 63.2 Å². The van der Waals surface area contributed by atoms with Gasteiger partial charge in [-0.2, -0.15) is 0 Å². The fraction of sp³-hybridized carbons (Fsp3) is 0.222. The summed E-state index contributed by atoms with van der Waals surface area (Å²) in [5.41, 5.74) is 1.87. The fourth-order valence-corrected chi connectivity index (χ4v) is 1.94. The second-order valence-electron chi connectivity index (χ2n) is 5.24. The second kappa shape index (κ2) is 7.98. The van der Waals surface area contributed by atoms with Crippen molar-refractivity contribution >= 4 is 17.3 Å². The largest absolute Gasteiger partial charge is 0.491 e. The molecule has 5 nitrogen and oxygen atoms in total. The van der Waals surface area contributed by atoms with E-state index in [9.17, 15) is 4.79 Å². The summed E-state index contributed by atoms with van der Waals surface area (Å²) in [6, 6.07) is 10.8. The molecule has 120 valence electrons. The zero-order valence-electron chi connectivity index (χ0n) is 13.4. The van der Waals surface area contributed by atoms with E-state index >= 15 is 0 Å². The van der Waals surface area contributed by atoms with Gasteiger partial charge in [0.05, 0.1) is 6.10 Å². The molecule has 1 aromatic heterocycles. The number of rotatable bonds is 7. The number of pyridine rings is 1. The molecule has 5 heteroatoms. The van der Waals surface area contributed by atoms with Crippen molar-refractivity contribution in [3.63, 3.8) is 0 Å². The Labute approximate surface area is 136 Å². The van der Waals surface area contributed by atoms with E-state index in [0.29, 0.717) is 17.9 Å². The Morgan fingerprint density at radius 2 is 2.00 bits per heavy atom. The maximum absolute atomic E-state index is 12.3. The van der Waals surface area contributed by atoms with Gasteiger partial charge < -0.3 is 15.4 Å². The van der Waals surface area contributed by atoms with Gasteiger partial charge in [0.1, 0.15) is 11.4 Å². The molecule has 0 aliphatic rings. The first-order chi connectivity index (χ1) is 11.1. The van der Waals surface area contributed by atoms with E-state index in [0.717, 1.165) is 11.4 Å². The molecule has 1 aromatic carbocycles. The lowest BCUT2D eigenvalue weighted by molar-refractivity contribution is 0.102. The first-order valence-corrected chi connectivity index (χ1v) is 7.47. The molecular weight excluding hydrogens is 290 g/mol. The molecule has 1 amide bonds. The van der Waals surface area contributed by atoms with Crippen molar-refractivity contribution in [1.29, 1.82) is 0 Å². The summed E-state index contributed by atoms with van der Waals surface area (Å²) in [4.78, 5) is 16.3. The van der Waals surface area contributed by atoms with Crippen molar-refractivity contribution in [2.24, 2.45) is 0 Å². The van der Waals surface area contributed by atoms with Gasteiger partial charge in [0.25, 0.3) is 5.91 Å². The second-order valence-corrected chi connectivity index (χ2v) is 5.24. The molecule has 0 fully saturated rings. The summed E-state index contributed by atoms with van der Waals surface area (Å²) in [5, 5.41) is 5.94. The summed E-state index contributed by atoms with van der Waals surface area (Å²) < 4.78 is 5.57. The summed E-state index contributed by atoms with van der Waals surface area (Å²) in [5.74, 6) is 0.511. The smallest absolute Gasteiger partial charge is 0.274 e. The third-order valence-electron chi connectivity index (χ3n) is 2.93. The maximum Gasteiger partial charge on any atom is 0.274 e.